The predicted octanol–water partition coefficient (Wildman–Crippen LogP) is 5.98. The fourth-order valence-corrected chi connectivity index (χ4v) is 5.60. The zero-order valence-corrected chi connectivity index (χ0v) is 18.5. The highest BCUT2D eigenvalue weighted by molar-refractivity contribution is 8.05. The molecule has 1 unspecified atom stereocenters. The van der Waals surface area contributed by atoms with Gasteiger partial charge >= 0.3 is 0 Å². The maximum atomic E-state index is 13.6. The number of benzene rings is 2. The number of hydrogen-bond donors (Lipinski definition) is 1. The Kier molecular flexibility index (Phi) is 6.68. The standard InChI is InChI=1S/C25H30N2O2S/c1-3-29-22-16-10-8-12-19(22)17-23-24(28)27(21-15-9-7-11-18(21)2)25(30-23)26-20-13-5-4-6-14-20/h4-6,8,10,12-14,16-18,21,25-26H,3,7,9,11,15H2,1-2H3/b23-17-/t18-,21+,25?/m1/s1. The van der Waals surface area contributed by atoms with E-state index in [0.717, 1.165) is 28.3 Å². The Morgan fingerprint density at radius 1 is 1.10 bits per heavy atom. The summed E-state index contributed by atoms with van der Waals surface area (Å²) in [5, 5.41) is 3.59. The van der Waals surface area contributed by atoms with Gasteiger partial charge in [0.1, 0.15) is 5.75 Å². The lowest BCUT2D eigenvalue weighted by Gasteiger charge is -2.39. The molecule has 1 saturated carbocycles. The van der Waals surface area contributed by atoms with Crippen molar-refractivity contribution in [1.82, 2.24) is 4.90 Å². The van der Waals surface area contributed by atoms with Crippen molar-refractivity contribution in [1.29, 1.82) is 0 Å². The number of nitrogens with zero attached hydrogens (tertiary/aromatic N) is 1. The summed E-state index contributed by atoms with van der Waals surface area (Å²) in [5.74, 6) is 1.45. The molecule has 5 heteroatoms. The summed E-state index contributed by atoms with van der Waals surface area (Å²) in [4.78, 5) is 16.4. The molecule has 2 aromatic carbocycles. The van der Waals surface area contributed by atoms with Gasteiger partial charge in [0.05, 0.1) is 11.5 Å². The second-order valence-electron chi connectivity index (χ2n) is 8.00. The van der Waals surface area contributed by atoms with Crippen molar-refractivity contribution in [2.75, 3.05) is 11.9 Å². The van der Waals surface area contributed by atoms with Crippen molar-refractivity contribution >= 4 is 29.4 Å². The summed E-state index contributed by atoms with van der Waals surface area (Å²) in [6.45, 7) is 4.87. The Morgan fingerprint density at radius 2 is 1.83 bits per heavy atom. The van der Waals surface area contributed by atoms with Crippen molar-refractivity contribution in [2.24, 2.45) is 5.92 Å². The van der Waals surface area contributed by atoms with Gasteiger partial charge in [0.2, 0.25) is 0 Å². The highest BCUT2D eigenvalue weighted by atomic mass is 32.2. The van der Waals surface area contributed by atoms with Crippen LogP contribution in [0.4, 0.5) is 5.69 Å². The lowest BCUT2D eigenvalue weighted by atomic mass is 9.85. The molecular formula is C25H30N2O2S. The van der Waals surface area contributed by atoms with Crippen LogP contribution in [0.2, 0.25) is 0 Å². The number of anilines is 1. The van der Waals surface area contributed by atoms with Gasteiger partial charge < -0.3 is 15.0 Å². The van der Waals surface area contributed by atoms with E-state index in [1.165, 1.54) is 19.3 Å². The van der Waals surface area contributed by atoms with E-state index in [-0.39, 0.29) is 17.4 Å². The van der Waals surface area contributed by atoms with Crippen molar-refractivity contribution in [3.8, 4) is 5.75 Å². The Labute approximate surface area is 183 Å². The average molecular weight is 423 g/mol. The molecule has 3 atom stereocenters. The van der Waals surface area contributed by atoms with Gasteiger partial charge in [-0.2, -0.15) is 0 Å². The number of carbonyl (C=O) groups is 1. The first kappa shape index (κ1) is 20.9. The number of rotatable bonds is 6. The van der Waals surface area contributed by atoms with Crippen LogP contribution in [0, 0.1) is 5.92 Å². The van der Waals surface area contributed by atoms with E-state index in [1.807, 2.05) is 55.5 Å². The lowest BCUT2D eigenvalue weighted by Crippen LogP contribution is -2.48. The summed E-state index contributed by atoms with van der Waals surface area (Å²) in [5.41, 5.74) is 1.88. The molecular weight excluding hydrogens is 392 g/mol. The number of para-hydroxylation sites is 2. The highest BCUT2D eigenvalue weighted by Crippen LogP contribution is 2.42. The number of thioether (sulfide) groups is 1. The predicted molar refractivity (Wildman–Crippen MR) is 125 cm³/mol. The lowest BCUT2D eigenvalue weighted by molar-refractivity contribution is -0.129. The van der Waals surface area contributed by atoms with Gasteiger partial charge in [-0.1, -0.05) is 67.9 Å². The number of carbonyl (C=O) groups excluding carboxylic acids is 1. The first-order chi connectivity index (χ1) is 14.7. The molecule has 1 aliphatic carbocycles. The van der Waals surface area contributed by atoms with Crippen molar-refractivity contribution in [3.05, 3.63) is 65.1 Å². The SMILES string of the molecule is CCOc1ccccc1/C=C1\SC(Nc2ccccc2)N([C@H]2CCCC[C@H]2C)C1=O. The maximum Gasteiger partial charge on any atom is 0.262 e. The van der Waals surface area contributed by atoms with Crippen LogP contribution in [0.25, 0.3) is 6.08 Å². The molecule has 4 rings (SSSR count). The summed E-state index contributed by atoms with van der Waals surface area (Å²) in [7, 11) is 0. The van der Waals surface area contributed by atoms with E-state index in [9.17, 15) is 4.79 Å². The first-order valence-electron chi connectivity index (χ1n) is 10.9. The fraction of sp³-hybridized carbons (Fsp3) is 0.400. The van der Waals surface area contributed by atoms with Gasteiger partial charge in [-0.3, -0.25) is 4.79 Å². The van der Waals surface area contributed by atoms with Gasteiger partial charge in [0, 0.05) is 17.3 Å². The number of hydrogen-bond acceptors (Lipinski definition) is 4. The van der Waals surface area contributed by atoms with Crippen LogP contribution >= 0.6 is 11.8 Å². The molecule has 4 nitrogen and oxygen atoms in total. The van der Waals surface area contributed by atoms with E-state index < -0.39 is 0 Å². The van der Waals surface area contributed by atoms with E-state index in [4.69, 9.17) is 4.74 Å². The van der Waals surface area contributed by atoms with Gasteiger partial charge in [0.25, 0.3) is 5.91 Å². The maximum absolute atomic E-state index is 13.6. The van der Waals surface area contributed by atoms with E-state index in [2.05, 4.69) is 29.3 Å². The van der Waals surface area contributed by atoms with E-state index in [0.29, 0.717) is 12.5 Å². The van der Waals surface area contributed by atoms with Crippen LogP contribution < -0.4 is 10.1 Å². The molecule has 0 aromatic heterocycles. The molecule has 1 N–H and O–H groups in total. The van der Waals surface area contributed by atoms with Crippen molar-refractivity contribution < 1.29 is 9.53 Å². The van der Waals surface area contributed by atoms with Crippen LogP contribution in [0.1, 0.15) is 45.1 Å². The molecule has 2 fully saturated rings. The molecule has 0 bridgehead atoms. The fourth-order valence-electron chi connectivity index (χ4n) is 4.40. The molecule has 2 aliphatic rings. The van der Waals surface area contributed by atoms with Gasteiger partial charge in [-0.05, 0) is 50.0 Å². The number of amides is 1. The van der Waals surface area contributed by atoms with Crippen LogP contribution in [0.15, 0.2) is 59.5 Å². The minimum Gasteiger partial charge on any atom is -0.493 e. The minimum absolute atomic E-state index is 0.101. The minimum atomic E-state index is -0.101. The Morgan fingerprint density at radius 3 is 2.60 bits per heavy atom. The van der Waals surface area contributed by atoms with Crippen LogP contribution in [0.3, 0.4) is 0 Å². The molecule has 1 heterocycles. The molecule has 1 aliphatic heterocycles. The van der Waals surface area contributed by atoms with Crippen LogP contribution in [0.5, 0.6) is 5.75 Å². The largest absolute Gasteiger partial charge is 0.493 e. The number of nitrogens with one attached hydrogen (secondary N) is 1. The zero-order valence-electron chi connectivity index (χ0n) is 17.7. The van der Waals surface area contributed by atoms with E-state index >= 15 is 0 Å². The zero-order chi connectivity index (χ0) is 20.9. The molecule has 30 heavy (non-hydrogen) atoms. The second-order valence-corrected chi connectivity index (χ2v) is 9.12. The molecule has 0 spiro atoms. The van der Waals surface area contributed by atoms with Gasteiger partial charge in [0.15, 0.2) is 5.50 Å². The summed E-state index contributed by atoms with van der Waals surface area (Å²) >= 11 is 1.61. The Balaban J connectivity index is 1.66. The quantitative estimate of drug-likeness (QED) is 0.582. The van der Waals surface area contributed by atoms with Crippen molar-refractivity contribution in [3.63, 3.8) is 0 Å². The third-order valence-corrected chi connectivity index (χ3v) is 7.04. The molecule has 158 valence electrons. The highest BCUT2D eigenvalue weighted by Gasteiger charge is 2.42. The molecule has 0 radical (unpaired) electrons. The summed E-state index contributed by atoms with van der Waals surface area (Å²) in [6, 6.07) is 18.4. The number of ether oxygens (including phenoxy) is 1. The van der Waals surface area contributed by atoms with Crippen molar-refractivity contribution in [2.45, 2.75) is 51.1 Å². The molecule has 1 amide bonds. The monoisotopic (exact) mass is 422 g/mol. The van der Waals surface area contributed by atoms with Gasteiger partial charge in [-0.15, -0.1) is 0 Å². The Hall–Kier alpha value is -2.40. The topological polar surface area (TPSA) is 41.6 Å². The van der Waals surface area contributed by atoms with E-state index in [1.54, 1.807) is 11.8 Å². The third kappa shape index (κ3) is 4.51. The van der Waals surface area contributed by atoms with Crippen LogP contribution in [-0.2, 0) is 4.79 Å². The third-order valence-electron chi connectivity index (χ3n) is 5.93. The summed E-state index contributed by atoms with van der Waals surface area (Å²) in [6.07, 6.45) is 6.69. The first-order valence-corrected chi connectivity index (χ1v) is 11.8. The molecule has 2 aromatic rings. The Bertz CT molecular complexity index is 899. The second kappa shape index (κ2) is 9.61. The van der Waals surface area contributed by atoms with Crippen LogP contribution in [-0.4, -0.2) is 29.0 Å². The average Bonchev–Trinajstić information content (AvgIpc) is 3.05. The normalized spacial score (nSPS) is 25.5. The molecule has 1 saturated heterocycles. The summed E-state index contributed by atoms with van der Waals surface area (Å²) < 4.78 is 5.77. The smallest absolute Gasteiger partial charge is 0.262 e. The van der Waals surface area contributed by atoms with Gasteiger partial charge in [-0.25, -0.2) is 0 Å².